The summed E-state index contributed by atoms with van der Waals surface area (Å²) in [7, 11) is 1.29. The Hall–Kier alpha value is -3.93. The minimum absolute atomic E-state index is 0.218. The summed E-state index contributed by atoms with van der Waals surface area (Å²) in [5, 5.41) is 19.6. The number of hydrogen-bond donors (Lipinski definition) is 3. The van der Waals surface area contributed by atoms with Crippen LogP contribution < -0.4 is 15.9 Å². The van der Waals surface area contributed by atoms with E-state index >= 15 is 0 Å². The van der Waals surface area contributed by atoms with Gasteiger partial charge in [0.25, 0.3) is 0 Å². The van der Waals surface area contributed by atoms with E-state index in [2.05, 4.69) is 20.2 Å². The highest BCUT2D eigenvalue weighted by molar-refractivity contribution is 6.45. The molecule has 0 saturated heterocycles. The molecule has 0 radical (unpaired) electrons. The van der Waals surface area contributed by atoms with E-state index < -0.39 is 11.8 Å². The Bertz CT molecular complexity index is 855. The molecule has 126 valence electrons. The summed E-state index contributed by atoms with van der Waals surface area (Å²) in [6.45, 7) is 0. The summed E-state index contributed by atoms with van der Waals surface area (Å²) in [6, 6.07) is 11.3. The van der Waals surface area contributed by atoms with Crippen LogP contribution in [0.1, 0.15) is 10.4 Å². The van der Waals surface area contributed by atoms with Crippen molar-refractivity contribution < 1.29 is 14.3 Å². The van der Waals surface area contributed by atoms with E-state index in [0.29, 0.717) is 17.0 Å². The molecule has 0 fully saturated rings. The molecule has 0 aliphatic heterocycles. The fraction of sp³-hybridized carbons (Fsp3) is 0.0625. The number of hydrogen-bond acceptors (Lipinski definition) is 8. The Morgan fingerprint density at radius 2 is 2.08 bits per heavy atom. The first-order chi connectivity index (χ1) is 12.0. The van der Waals surface area contributed by atoms with Crippen LogP contribution in [-0.2, 0) is 4.74 Å². The number of nitrogens with one attached hydrogen (secondary N) is 2. The molecule has 2 aromatic rings. The number of nitrogens with two attached hydrogens (primary N) is 1. The van der Waals surface area contributed by atoms with Crippen molar-refractivity contribution in [3.63, 3.8) is 0 Å². The summed E-state index contributed by atoms with van der Waals surface area (Å²) in [6.07, 6.45) is 1.44. The zero-order chi connectivity index (χ0) is 18.2. The lowest BCUT2D eigenvalue weighted by Gasteiger charge is -2.07. The molecule has 4 N–H and O–H groups in total. The second-order valence-electron chi connectivity index (χ2n) is 4.60. The van der Waals surface area contributed by atoms with E-state index in [0.717, 1.165) is 0 Å². The van der Waals surface area contributed by atoms with Crippen LogP contribution in [0.4, 0.5) is 5.69 Å². The van der Waals surface area contributed by atoms with Crippen molar-refractivity contribution in [1.29, 1.82) is 10.7 Å². The molecule has 0 saturated carbocycles. The van der Waals surface area contributed by atoms with Crippen molar-refractivity contribution in [2.75, 3.05) is 12.5 Å². The number of methoxy groups -OCH3 is 1. The summed E-state index contributed by atoms with van der Waals surface area (Å²) >= 11 is 0. The fourth-order valence-corrected chi connectivity index (χ4v) is 1.69. The van der Waals surface area contributed by atoms with Gasteiger partial charge >= 0.3 is 5.97 Å². The maximum absolute atomic E-state index is 11.5. The normalized spacial score (nSPS) is 10.5. The van der Waals surface area contributed by atoms with Gasteiger partial charge in [-0.05, 0) is 30.3 Å². The van der Waals surface area contributed by atoms with Crippen molar-refractivity contribution in [3.05, 3.63) is 48.2 Å². The molecule has 0 aliphatic carbocycles. The zero-order valence-corrected chi connectivity index (χ0v) is 13.2. The van der Waals surface area contributed by atoms with Crippen molar-refractivity contribution in [1.82, 2.24) is 4.98 Å². The van der Waals surface area contributed by atoms with Gasteiger partial charge in [0.2, 0.25) is 11.6 Å². The van der Waals surface area contributed by atoms with Gasteiger partial charge in [0.15, 0.2) is 5.84 Å². The quantitative estimate of drug-likeness (QED) is 0.315. The van der Waals surface area contributed by atoms with E-state index in [1.54, 1.807) is 30.3 Å². The average Bonchev–Trinajstić information content (AvgIpc) is 2.63. The minimum atomic E-state index is -0.483. The maximum Gasteiger partial charge on any atom is 0.338 e. The number of hydrazone groups is 1. The second-order valence-corrected chi connectivity index (χ2v) is 4.60. The van der Waals surface area contributed by atoms with Crippen LogP contribution in [0.2, 0.25) is 0 Å². The van der Waals surface area contributed by atoms with Gasteiger partial charge in [-0.2, -0.15) is 10.4 Å². The molecule has 0 aliphatic rings. The lowest BCUT2D eigenvalue weighted by atomic mass is 10.2. The number of amidine groups is 1. The van der Waals surface area contributed by atoms with Crippen LogP contribution >= 0.6 is 0 Å². The molecule has 0 amide bonds. The molecule has 1 aromatic heterocycles. The molecule has 1 aromatic carbocycles. The smallest absolute Gasteiger partial charge is 0.338 e. The zero-order valence-electron chi connectivity index (χ0n) is 13.2. The Balaban J connectivity index is 2.07. The van der Waals surface area contributed by atoms with Crippen LogP contribution in [0.15, 0.2) is 47.7 Å². The molecular weight excluding hydrogens is 324 g/mol. The highest BCUT2D eigenvalue weighted by Crippen LogP contribution is 2.22. The van der Waals surface area contributed by atoms with E-state index in [9.17, 15) is 4.79 Å². The molecular formula is C16H14N6O3. The van der Waals surface area contributed by atoms with E-state index in [1.165, 1.54) is 25.4 Å². The molecule has 1 heterocycles. The van der Waals surface area contributed by atoms with Gasteiger partial charge in [0.05, 0.1) is 18.4 Å². The Kier molecular flexibility index (Phi) is 5.63. The SMILES string of the molecule is COC(=O)c1ccnc(Oc2ccc(N/N=C(\C#N)C(=N)N)cc2)c1. The van der Waals surface area contributed by atoms with Crippen molar-refractivity contribution in [3.8, 4) is 17.7 Å². The first-order valence-corrected chi connectivity index (χ1v) is 6.94. The number of carbonyl (C=O) groups excluding carboxylic acids is 1. The van der Waals surface area contributed by atoms with Crippen LogP contribution in [0.3, 0.4) is 0 Å². The number of anilines is 1. The van der Waals surface area contributed by atoms with Gasteiger partial charge in [0.1, 0.15) is 11.8 Å². The lowest BCUT2D eigenvalue weighted by molar-refractivity contribution is 0.0600. The Labute approximate surface area is 143 Å². The minimum Gasteiger partial charge on any atom is -0.465 e. The highest BCUT2D eigenvalue weighted by Gasteiger charge is 2.08. The van der Waals surface area contributed by atoms with E-state index in [4.69, 9.17) is 21.1 Å². The predicted molar refractivity (Wildman–Crippen MR) is 90.7 cm³/mol. The molecule has 2 rings (SSSR count). The number of esters is 1. The standard InChI is InChI=1S/C16H14N6O3/c1-24-16(23)10-6-7-20-14(8-10)25-12-4-2-11(3-5-12)21-22-13(9-17)15(18)19/h2-8,21H,1H3,(H3,18,19)/b22-13+. The third-order valence-electron chi connectivity index (χ3n) is 2.89. The number of benzene rings is 1. The molecule has 25 heavy (non-hydrogen) atoms. The monoisotopic (exact) mass is 338 g/mol. The van der Waals surface area contributed by atoms with Gasteiger partial charge in [-0.3, -0.25) is 10.8 Å². The highest BCUT2D eigenvalue weighted by atomic mass is 16.5. The second kappa shape index (κ2) is 8.07. The van der Waals surface area contributed by atoms with Crippen LogP contribution in [0.5, 0.6) is 11.6 Å². The van der Waals surface area contributed by atoms with E-state index in [1.807, 2.05) is 0 Å². The van der Waals surface area contributed by atoms with Crippen molar-refractivity contribution >= 4 is 23.2 Å². The van der Waals surface area contributed by atoms with Gasteiger partial charge in [-0.25, -0.2) is 9.78 Å². The molecule has 9 nitrogen and oxygen atoms in total. The largest absolute Gasteiger partial charge is 0.465 e. The lowest BCUT2D eigenvalue weighted by Crippen LogP contribution is -2.21. The van der Waals surface area contributed by atoms with Gasteiger partial charge in [0, 0.05) is 12.3 Å². The summed E-state index contributed by atoms with van der Waals surface area (Å²) < 4.78 is 10.2. The molecule has 0 bridgehead atoms. The number of pyridine rings is 1. The number of nitriles is 1. The van der Waals surface area contributed by atoms with Crippen molar-refractivity contribution in [2.45, 2.75) is 0 Å². The molecule has 9 heteroatoms. The molecule has 0 spiro atoms. The van der Waals surface area contributed by atoms with Crippen molar-refractivity contribution in [2.24, 2.45) is 10.8 Å². The van der Waals surface area contributed by atoms with Crippen LogP contribution in [-0.4, -0.2) is 29.6 Å². The first-order valence-electron chi connectivity index (χ1n) is 6.94. The Morgan fingerprint density at radius 3 is 2.68 bits per heavy atom. The third kappa shape index (κ3) is 4.77. The number of aromatic nitrogens is 1. The fourth-order valence-electron chi connectivity index (χ4n) is 1.69. The maximum atomic E-state index is 11.5. The topological polar surface area (TPSA) is 146 Å². The third-order valence-corrected chi connectivity index (χ3v) is 2.89. The number of rotatable bonds is 6. The summed E-state index contributed by atoms with van der Waals surface area (Å²) in [4.78, 5) is 15.5. The Morgan fingerprint density at radius 1 is 1.36 bits per heavy atom. The number of carbonyl (C=O) groups is 1. The first kappa shape index (κ1) is 17.4. The van der Waals surface area contributed by atoms with Crippen LogP contribution in [0, 0.1) is 16.7 Å². The van der Waals surface area contributed by atoms with E-state index in [-0.39, 0.29) is 11.6 Å². The molecule has 0 unspecified atom stereocenters. The average molecular weight is 338 g/mol. The predicted octanol–water partition coefficient (Wildman–Crippen LogP) is 1.89. The summed E-state index contributed by atoms with van der Waals surface area (Å²) in [5.41, 5.74) is 8.48. The summed E-state index contributed by atoms with van der Waals surface area (Å²) in [5.74, 6) is -0.184. The van der Waals surface area contributed by atoms with Gasteiger partial charge in [-0.1, -0.05) is 0 Å². The number of ether oxygens (including phenoxy) is 2. The van der Waals surface area contributed by atoms with Gasteiger partial charge in [-0.15, -0.1) is 0 Å². The molecule has 0 atom stereocenters. The van der Waals surface area contributed by atoms with Crippen LogP contribution in [0.25, 0.3) is 0 Å². The van der Waals surface area contributed by atoms with Gasteiger partial charge < -0.3 is 15.2 Å². The number of nitrogens with zero attached hydrogens (tertiary/aromatic N) is 3.